The molecule has 1 aliphatic rings. The van der Waals surface area contributed by atoms with Gasteiger partial charge in [-0.25, -0.2) is 0 Å². The highest BCUT2D eigenvalue weighted by atomic mass is 16.3. The lowest BCUT2D eigenvalue weighted by atomic mass is 9.74. The zero-order valence-corrected chi connectivity index (χ0v) is 12.7. The minimum Gasteiger partial charge on any atom is -0.393 e. The van der Waals surface area contributed by atoms with Crippen LogP contribution >= 0.6 is 0 Å². The first kappa shape index (κ1) is 15.9. The van der Waals surface area contributed by atoms with Crippen LogP contribution in [0.15, 0.2) is 0 Å². The average Bonchev–Trinajstić information content (AvgIpc) is 2.18. The molecular formula is C15H31NO2. The zero-order chi connectivity index (χ0) is 13.9. The monoisotopic (exact) mass is 257 g/mol. The van der Waals surface area contributed by atoms with Gasteiger partial charge in [0, 0.05) is 13.1 Å². The molecule has 0 aromatic heterocycles. The largest absolute Gasteiger partial charge is 0.393 e. The Balaban J connectivity index is 2.48. The van der Waals surface area contributed by atoms with Crippen LogP contribution in [0.4, 0.5) is 0 Å². The fourth-order valence-corrected chi connectivity index (χ4v) is 3.21. The molecule has 3 heteroatoms. The summed E-state index contributed by atoms with van der Waals surface area (Å²) in [5, 5.41) is 19.9. The molecule has 18 heavy (non-hydrogen) atoms. The Kier molecular flexibility index (Phi) is 5.63. The van der Waals surface area contributed by atoms with Gasteiger partial charge in [0.05, 0.1) is 11.7 Å². The molecule has 3 unspecified atom stereocenters. The fraction of sp³-hybridized carbons (Fsp3) is 1.00. The molecule has 0 radical (unpaired) electrons. The second-order valence-electron chi connectivity index (χ2n) is 7.15. The molecule has 1 fully saturated rings. The number of aliphatic hydroxyl groups is 2. The van der Waals surface area contributed by atoms with Crippen LogP contribution in [0.1, 0.15) is 47.0 Å². The number of hydrogen-bond acceptors (Lipinski definition) is 3. The molecule has 0 spiro atoms. The lowest BCUT2D eigenvalue weighted by Crippen LogP contribution is -2.43. The van der Waals surface area contributed by atoms with Gasteiger partial charge in [0.2, 0.25) is 0 Å². The lowest BCUT2D eigenvalue weighted by Gasteiger charge is -2.38. The number of likely N-dealkylation sites (N-methyl/N-ethyl adjacent to an activating group) is 1. The number of hydrogen-bond donors (Lipinski definition) is 2. The highest BCUT2D eigenvalue weighted by Gasteiger charge is 2.31. The minimum atomic E-state index is -0.661. The molecule has 0 bridgehead atoms. The third-order valence-corrected chi connectivity index (χ3v) is 4.13. The summed E-state index contributed by atoms with van der Waals surface area (Å²) < 4.78 is 0. The van der Waals surface area contributed by atoms with E-state index in [0.717, 1.165) is 31.7 Å². The predicted octanol–water partition coefficient (Wildman–Crippen LogP) is 2.12. The van der Waals surface area contributed by atoms with Crippen molar-refractivity contribution in [1.29, 1.82) is 0 Å². The van der Waals surface area contributed by atoms with Crippen LogP contribution in [0.5, 0.6) is 0 Å². The molecule has 3 nitrogen and oxygen atoms in total. The predicted molar refractivity (Wildman–Crippen MR) is 75.5 cm³/mol. The van der Waals surface area contributed by atoms with Gasteiger partial charge >= 0.3 is 0 Å². The van der Waals surface area contributed by atoms with Gasteiger partial charge in [0.15, 0.2) is 0 Å². The molecule has 3 atom stereocenters. The zero-order valence-electron chi connectivity index (χ0n) is 12.7. The first-order chi connectivity index (χ1) is 8.19. The Hall–Kier alpha value is -0.120. The molecule has 108 valence electrons. The summed E-state index contributed by atoms with van der Waals surface area (Å²) in [5.74, 6) is 1.81. The lowest BCUT2D eigenvalue weighted by molar-refractivity contribution is -0.0000249. The van der Waals surface area contributed by atoms with E-state index >= 15 is 0 Å². The summed E-state index contributed by atoms with van der Waals surface area (Å²) in [5.41, 5.74) is -0.661. The van der Waals surface area contributed by atoms with E-state index in [1.807, 2.05) is 20.9 Å². The highest BCUT2D eigenvalue weighted by Crippen LogP contribution is 2.34. The van der Waals surface area contributed by atoms with Crippen molar-refractivity contribution in [3.05, 3.63) is 0 Å². The fourth-order valence-electron chi connectivity index (χ4n) is 3.21. The van der Waals surface area contributed by atoms with Gasteiger partial charge in [-0.2, -0.15) is 0 Å². The van der Waals surface area contributed by atoms with Crippen molar-refractivity contribution in [2.45, 2.75) is 58.7 Å². The normalized spacial score (nSPS) is 30.2. The molecule has 0 heterocycles. The van der Waals surface area contributed by atoms with Gasteiger partial charge < -0.3 is 15.1 Å². The summed E-state index contributed by atoms with van der Waals surface area (Å²) in [4.78, 5) is 2.15. The van der Waals surface area contributed by atoms with E-state index in [-0.39, 0.29) is 6.10 Å². The first-order valence-electron chi connectivity index (χ1n) is 7.28. The van der Waals surface area contributed by atoms with E-state index in [1.165, 1.54) is 0 Å². The number of rotatable bonds is 5. The van der Waals surface area contributed by atoms with Gasteiger partial charge in [-0.15, -0.1) is 0 Å². The van der Waals surface area contributed by atoms with E-state index in [4.69, 9.17) is 0 Å². The average molecular weight is 257 g/mol. The Morgan fingerprint density at radius 2 is 1.89 bits per heavy atom. The van der Waals surface area contributed by atoms with E-state index in [1.54, 1.807) is 0 Å². The van der Waals surface area contributed by atoms with Crippen LogP contribution in [-0.4, -0.2) is 47.0 Å². The summed E-state index contributed by atoms with van der Waals surface area (Å²) >= 11 is 0. The van der Waals surface area contributed by atoms with Crippen molar-refractivity contribution < 1.29 is 10.2 Å². The van der Waals surface area contributed by atoms with E-state index in [0.29, 0.717) is 18.4 Å². The first-order valence-corrected chi connectivity index (χ1v) is 7.28. The smallest absolute Gasteiger partial charge is 0.0718 e. The maximum Gasteiger partial charge on any atom is 0.0718 e. The van der Waals surface area contributed by atoms with Crippen molar-refractivity contribution in [2.24, 2.45) is 17.8 Å². The summed E-state index contributed by atoms with van der Waals surface area (Å²) in [7, 11) is 2.03. The van der Waals surface area contributed by atoms with Crippen LogP contribution in [0, 0.1) is 17.8 Å². The standard InChI is InChI=1S/C15H31NO2/c1-11(2)12-6-7-14(17)13(8-12)9-16(5)10-15(3,4)18/h11-14,17-18H,6-10H2,1-5H3. The molecule has 0 amide bonds. The van der Waals surface area contributed by atoms with Crippen molar-refractivity contribution >= 4 is 0 Å². The maximum atomic E-state index is 10.1. The van der Waals surface area contributed by atoms with Crippen LogP contribution in [0.2, 0.25) is 0 Å². The molecule has 1 aliphatic carbocycles. The van der Waals surface area contributed by atoms with Gasteiger partial charge in [0.25, 0.3) is 0 Å². The molecule has 0 aromatic carbocycles. The molecule has 0 aliphatic heterocycles. The van der Waals surface area contributed by atoms with Gasteiger partial charge in [0.1, 0.15) is 0 Å². The Morgan fingerprint density at radius 1 is 1.28 bits per heavy atom. The Labute approximate surface area is 112 Å². The molecule has 1 rings (SSSR count). The molecule has 1 saturated carbocycles. The van der Waals surface area contributed by atoms with Crippen LogP contribution in [-0.2, 0) is 0 Å². The highest BCUT2D eigenvalue weighted by molar-refractivity contribution is 4.83. The number of aliphatic hydroxyl groups excluding tert-OH is 1. The van der Waals surface area contributed by atoms with E-state index in [2.05, 4.69) is 18.7 Å². The minimum absolute atomic E-state index is 0.163. The third-order valence-electron chi connectivity index (χ3n) is 4.13. The maximum absolute atomic E-state index is 10.1. The Bertz CT molecular complexity index is 247. The van der Waals surface area contributed by atoms with Crippen molar-refractivity contribution in [3.63, 3.8) is 0 Å². The quantitative estimate of drug-likeness (QED) is 0.793. The summed E-state index contributed by atoms with van der Waals surface area (Å²) in [6.45, 7) is 9.76. The third kappa shape index (κ3) is 5.25. The molecule has 2 N–H and O–H groups in total. The van der Waals surface area contributed by atoms with Gasteiger partial charge in [-0.05, 0) is 57.9 Å². The van der Waals surface area contributed by atoms with Crippen molar-refractivity contribution in [1.82, 2.24) is 4.90 Å². The van der Waals surface area contributed by atoms with Crippen molar-refractivity contribution in [2.75, 3.05) is 20.1 Å². The topological polar surface area (TPSA) is 43.7 Å². The Morgan fingerprint density at radius 3 is 2.39 bits per heavy atom. The molecule has 0 saturated heterocycles. The molecular weight excluding hydrogens is 226 g/mol. The van der Waals surface area contributed by atoms with Crippen LogP contribution in [0.3, 0.4) is 0 Å². The van der Waals surface area contributed by atoms with E-state index < -0.39 is 5.60 Å². The van der Waals surface area contributed by atoms with Gasteiger partial charge in [-0.1, -0.05) is 13.8 Å². The summed E-state index contributed by atoms with van der Waals surface area (Å²) in [6, 6.07) is 0. The van der Waals surface area contributed by atoms with Crippen molar-refractivity contribution in [3.8, 4) is 0 Å². The van der Waals surface area contributed by atoms with Gasteiger partial charge in [-0.3, -0.25) is 0 Å². The van der Waals surface area contributed by atoms with Crippen LogP contribution < -0.4 is 0 Å². The summed E-state index contributed by atoms with van der Waals surface area (Å²) in [6.07, 6.45) is 3.05. The van der Waals surface area contributed by atoms with E-state index in [9.17, 15) is 10.2 Å². The number of nitrogens with zero attached hydrogens (tertiary/aromatic N) is 1. The second-order valence-corrected chi connectivity index (χ2v) is 7.15. The van der Waals surface area contributed by atoms with Crippen LogP contribution in [0.25, 0.3) is 0 Å². The molecule has 0 aromatic rings. The second kappa shape index (κ2) is 6.36. The SMILES string of the molecule is CC(C)C1CCC(O)C(CN(C)CC(C)(C)O)C1.